The summed E-state index contributed by atoms with van der Waals surface area (Å²) in [5, 5.41) is 1.99. The minimum atomic E-state index is -3.11. The number of piperidine rings is 1. The second kappa shape index (κ2) is 6.83. The molecule has 0 aliphatic carbocycles. The predicted molar refractivity (Wildman–Crippen MR) is 79.8 cm³/mol. The highest BCUT2D eigenvalue weighted by molar-refractivity contribution is 7.89. The van der Waals surface area contributed by atoms with E-state index in [1.165, 1.54) is 0 Å². The first-order valence-electron chi connectivity index (χ1n) is 6.82. The van der Waals surface area contributed by atoms with Gasteiger partial charge in [-0.1, -0.05) is 6.07 Å². The van der Waals surface area contributed by atoms with Crippen LogP contribution in [0.25, 0.3) is 0 Å². The van der Waals surface area contributed by atoms with Crippen LogP contribution in [0.1, 0.15) is 24.1 Å². The highest BCUT2D eigenvalue weighted by atomic mass is 32.2. The first-order chi connectivity index (χ1) is 9.12. The van der Waals surface area contributed by atoms with Gasteiger partial charge in [0, 0.05) is 18.0 Å². The molecular weight excluding hydrogens is 280 g/mol. The number of thiophene rings is 1. The van der Waals surface area contributed by atoms with Crippen molar-refractivity contribution in [2.45, 2.75) is 25.7 Å². The first-order valence-corrected chi connectivity index (χ1v) is 9.31. The molecule has 1 aromatic rings. The number of sulfonamides is 1. The fourth-order valence-electron chi connectivity index (χ4n) is 2.56. The number of aryl methyl sites for hydroxylation is 1. The van der Waals surface area contributed by atoms with Crippen molar-refractivity contribution in [2.75, 3.05) is 25.4 Å². The fraction of sp³-hybridized carbons (Fsp3) is 0.692. The SMILES string of the molecule is NCCC1CCCN(S(=O)(=O)CCc2cccs2)C1. The number of hydrogen-bond acceptors (Lipinski definition) is 4. The van der Waals surface area contributed by atoms with Crippen molar-refractivity contribution in [3.05, 3.63) is 22.4 Å². The maximum atomic E-state index is 12.3. The summed E-state index contributed by atoms with van der Waals surface area (Å²) in [4.78, 5) is 1.14. The molecule has 2 heterocycles. The summed E-state index contributed by atoms with van der Waals surface area (Å²) in [5.41, 5.74) is 5.57. The van der Waals surface area contributed by atoms with E-state index < -0.39 is 10.0 Å². The van der Waals surface area contributed by atoms with Gasteiger partial charge in [-0.25, -0.2) is 12.7 Å². The summed E-state index contributed by atoms with van der Waals surface area (Å²) in [6, 6.07) is 3.96. The summed E-state index contributed by atoms with van der Waals surface area (Å²) in [6.07, 6.45) is 3.62. The normalized spacial score (nSPS) is 21.6. The Hall–Kier alpha value is -0.430. The lowest BCUT2D eigenvalue weighted by Crippen LogP contribution is -2.41. The average Bonchev–Trinajstić information content (AvgIpc) is 2.90. The fourth-order valence-corrected chi connectivity index (χ4v) is 4.98. The second-order valence-corrected chi connectivity index (χ2v) is 8.21. The van der Waals surface area contributed by atoms with Gasteiger partial charge < -0.3 is 5.73 Å². The van der Waals surface area contributed by atoms with E-state index in [2.05, 4.69) is 0 Å². The van der Waals surface area contributed by atoms with Gasteiger partial charge in [0.2, 0.25) is 10.0 Å². The van der Waals surface area contributed by atoms with Gasteiger partial charge in [-0.05, 0) is 49.6 Å². The minimum absolute atomic E-state index is 0.225. The van der Waals surface area contributed by atoms with Gasteiger partial charge in [-0.15, -0.1) is 11.3 Å². The van der Waals surface area contributed by atoms with Gasteiger partial charge in [-0.3, -0.25) is 0 Å². The van der Waals surface area contributed by atoms with Crippen molar-refractivity contribution in [1.82, 2.24) is 4.31 Å². The van der Waals surface area contributed by atoms with Gasteiger partial charge in [0.05, 0.1) is 5.75 Å². The van der Waals surface area contributed by atoms with Crippen LogP contribution in [0.4, 0.5) is 0 Å². The number of nitrogens with zero attached hydrogens (tertiary/aromatic N) is 1. The van der Waals surface area contributed by atoms with E-state index >= 15 is 0 Å². The molecular formula is C13H22N2O2S2. The molecule has 1 atom stereocenters. The number of nitrogens with two attached hydrogens (primary N) is 1. The molecule has 0 aromatic carbocycles. The van der Waals surface area contributed by atoms with E-state index in [0.29, 0.717) is 32.0 Å². The van der Waals surface area contributed by atoms with Crippen LogP contribution in [-0.4, -0.2) is 38.1 Å². The maximum absolute atomic E-state index is 12.3. The van der Waals surface area contributed by atoms with Crippen molar-refractivity contribution in [3.63, 3.8) is 0 Å². The lowest BCUT2D eigenvalue weighted by atomic mass is 9.96. The molecule has 4 nitrogen and oxygen atoms in total. The van der Waals surface area contributed by atoms with Crippen LogP contribution in [0.5, 0.6) is 0 Å². The molecule has 1 aliphatic heterocycles. The summed E-state index contributed by atoms with van der Waals surface area (Å²) >= 11 is 1.62. The average molecular weight is 302 g/mol. The Labute approximate surface area is 119 Å². The second-order valence-electron chi connectivity index (χ2n) is 5.09. The van der Waals surface area contributed by atoms with Crippen molar-refractivity contribution in [1.29, 1.82) is 0 Å². The maximum Gasteiger partial charge on any atom is 0.214 e. The minimum Gasteiger partial charge on any atom is -0.330 e. The van der Waals surface area contributed by atoms with Gasteiger partial charge in [0.1, 0.15) is 0 Å². The number of hydrogen-bond donors (Lipinski definition) is 1. The standard InChI is InChI=1S/C13H22N2O2S2/c14-7-5-12-3-1-8-15(11-12)19(16,17)10-6-13-4-2-9-18-13/h2,4,9,12H,1,3,5-8,10-11,14H2. The molecule has 1 aromatic heterocycles. The molecule has 108 valence electrons. The Kier molecular flexibility index (Phi) is 5.38. The summed E-state index contributed by atoms with van der Waals surface area (Å²) in [7, 11) is -3.11. The molecule has 0 spiro atoms. The van der Waals surface area contributed by atoms with Crippen LogP contribution in [0, 0.1) is 5.92 Å². The Morgan fingerprint density at radius 3 is 3.00 bits per heavy atom. The quantitative estimate of drug-likeness (QED) is 0.869. The van der Waals surface area contributed by atoms with Crippen LogP contribution in [0.2, 0.25) is 0 Å². The van der Waals surface area contributed by atoms with Gasteiger partial charge >= 0.3 is 0 Å². The van der Waals surface area contributed by atoms with Gasteiger partial charge in [0.25, 0.3) is 0 Å². The first kappa shape index (κ1) is 15.0. The molecule has 1 aliphatic rings. The highest BCUT2D eigenvalue weighted by Crippen LogP contribution is 2.22. The summed E-state index contributed by atoms with van der Waals surface area (Å²) < 4.78 is 26.3. The molecule has 2 N–H and O–H groups in total. The molecule has 1 unspecified atom stereocenters. The third-order valence-corrected chi connectivity index (χ3v) is 6.41. The smallest absolute Gasteiger partial charge is 0.214 e. The summed E-state index contributed by atoms with van der Waals surface area (Å²) in [6.45, 7) is 1.98. The number of rotatable bonds is 6. The van der Waals surface area contributed by atoms with Crippen molar-refractivity contribution in [3.8, 4) is 0 Å². The van der Waals surface area contributed by atoms with Crippen LogP contribution in [0.3, 0.4) is 0 Å². The lowest BCUT2D eigenvalue weighted by Gasteiger charge is -2.31. The molecule has 0 saturated carbocycles. The summed E-state index contributed by atoms with van der Waals surface area (Å²) in [5.74, 6) is 0.665. The zero-order chi connectivity index (χ0) is 13.7. The highest BCUT2D eigenvalue weighted by Gasteiger charge is 2.28. The molecule has 1 fully saturated rings. The Balaban J connectivity index is 1.91. The zero-order valence-corrected chi connectivity index (χ0v) is 12.8. The van der Waals surface area contributed by atoms with Gasteiger partial charge in [-0.2, -0.15) is 0 Å². The largest absolute Gasteiger partial charge is 0.330 e. The van der Waals surface area contributed by atoms with Crippen molar-refractivity contribution < 1.29 is 8.42 Å². The van der Waals surface area contributed by atoms with E-state index in [0.717, 1.165) is 24.1 Å². The van der Waals surface area contributed by atoms with E-state index in [4.69, 9.17) is 5.73 Å². The third kappa shape index (κ3) is 4.27. The van der Waals surface area contributed by atoms with Gasteiger partial charge in [0.15, 0.2) is 0 Å². The van der Waals surface area contributed by atoms with E-state index in [9.17, 15) is 8.42 Å². The van der Waals surface area contributed by atoms with Crippen LogP contribution in [-0.2, 0) is 16.4 Å². The van der Waals surface area contributed by atoms with Crippen molar-refractivity contribution in [2.24, 2.45) is 11.7 Å². The molecule has 2 rings (SSSR count). The molecule has 1 saturated heterocycles. The van der Waals surface area contributed by atoms with Crippen LogP contribution in [0.15, 0.2) is 17.5 Å². The Bertz CT molecular complexity index is 469. The van der Waals surface area contributed by atoms with Crippen molar-refractivity contribution >= 4 is 21.4 Å². The van der Waals surface area contributed by atoms with Crippen LogP contribution >= 0.6 is 11.3 Å². The Morgan fingerprint density at radius 1 is 1.47 bits per heavy atom. The molecule has 0 radical (unpaired) electrons. The van der Waals surface area contributed by atoms with E-state index in [1.807, 2.05) is 17.5 Å². The molecule has 6 heteroatoms. The monoisotopic (exact) mass is 302 g/mol. The molecule has 19 heavy (non-hydrogen) atoms. The van der Waals surface area contributed by atoms with Crippen LogP contribution < -0.4 is 5.73 Å². The zero-order valence-electron chi connectivity index (χ0n) is 11.1. The molecule has 0 bridgehead atoms. The van der Waals surface area contributed by atoms with E-state index in [-0.39, 0.29) is 5.75 Å². The lowest BCUT2D eigenvalue weighted by molar-refractivity contribution is 0.258. The predicted octanol–water partition coefficient (Wildman–Crippen LogP) is 1.68. The Morgan fingerprint density at radius 2 is 2.32 bits per heavy atom. The topological polar surface area (TPSA) is 63.4 Å². The molecule has 0 amide bonds. The van der Waals surface area contributed by atoms with E-state index in [1.54, 1.807) is 15.6 Å². The third-order valence-electron chi connectivity index (χ3n) is 3.64.